The molecule has 0 atom stereocenters. The molecule has 0 amide bonds. The van der Waals surface area contributed by atoms with Gasteiger partial charge in [-0.25, -0.2) is 0 Å². The van der Waals surface area contributed by atoms with E-state index in [0.717, 1.165) is 0 Å². The van der Waals surface area contributed by atoms with Gasteiger partial charge in [0.15, 0.2) is 0 Å². The van der Waals surface area contributed by atoms with Crippen LogP contribution < -0.4 is 0 Å². The fourth-order valence-electron chi connectivity index (χ4n) is 8.05. The molecule has 0 aliphatic rings. The Balaban J connectivity index is 1.32. The van der Waals surface area contributed by atoms with E-state index in [1.54, 1.807) is 0 Å². The van der Waals surface area contributed by atoms with Gasteiger partial charge in [-0.2, -0.15) is 0 Å². The molecule has 0 saturated carbocycles. The van der Waals surface area contributed by atoms with Crippen molar-refractivity contribution in [2.45, 2.75) is 0 Å². The second kappa shape index (κ2) is 9.32. The minimum Gasteiger partial charge on any atom is -0.354 e. The van der Waals surface area contributed by atoms with Crippen LogP contribution >= 0.6 is 11.3 Å². The van der Waals surface area contributed by atoms with Crippen molar-refractivity contribution >= 4 is 96.7 Å². The number of nitrogens with one attached hydrogen (secondary N) is 1. The summed E-state index contributed by atoms with van der Waals surface area (Å²) in [4.78, 5) is 3.83. The van der Waals surface area contributed by atoms with Crippen molar-refractivity contribution in [3.05, 3.63) is 152 Å². The Hall–Kier alpha value is -5.90. The van der Waals surface area contributed by atoms with E-state index in [2.05, 4.69) is 161 Å². The van der Waals surface area contributed by atoms with Gasteiger partial charge in [-0.3, -0.25) is 0 Å². The third kappa shape index (κ3) is 3.44. The number of H-pyrrole nitrogens is 1. The standard InChI is InChI=1S/C44H26N2S/c1-2-11-26(12-3-1)28-14-10-15-29(23-28)46-37-20-9-7-17-31(37)34-24-35-39(25-38(34)46)47-44-41(35)40-30-16-5-4-13-27(30)21-22-33(40)43-42(44)32-18-6-8-19-36(32)45-43/h1-25,45H. The molecule has 0 spiro atoms. The first-order chi connectivity index (χ1) is 23.3. The van der Waals surface area contributed by atoms with Crippen LogP contribution in [0.1, 0.15) is 0 Å². The number of thiophene rings is 1. The van der Waals surface area contributed by atoms with Crippen molar-refractivity contribution in [3.63, 3.8) is 0 Å². The molecule has 0 aliphatic heterocycles. The molecule has 0 fully saturated rings. The quantitative estimate of drug-likeness (QED) is 0.187. The fourth-order valence-corrected chi connectivity index (χ4v) is 9.34. The fraction of sp³-hybridized carbons (Fsp3) is 0. The number of hydrogen-bond donors (Lipinski definition) is 1. The number of hydrogen-bond acceptors (Lipinski definition) is 1. The third-order valence-corrected chi connectivity index (χ3v) is 11.2. The van der Waals surface area contributed by atoms with Gasteiger partial charge in [-0.1, -0.05) is 115 Å². The zero-order chi connectivity index (χ0) is 30.6. The number of para-hydroxylation sites is 2. The van der Waals surface area contributed by atoms with Gasteiger partial charge in [0.25, 0.3) is 0 Å². The lowest BCUT2D eigenvalue weighted by molar-refractivity contribution is 1.18. The minimum atomic E-state index is 1.17. The molecule has 0 bridgehead atoms. The van der Waals surface area contributed by atoms with Crippen molar-refractivity contribution in [1.82, 2.24) is 9.55 Å². The van der Waals surface area contributed by atoms with Crippen LogP contribution in [0.3, 0.4) is 0 Å². The van der Waals surface area contributed by atoms with Crippen LogP contribution in [-0.4, -0.2) is 9.55 Å². The second-order valence-electron chi connectivity index (χ2n) is 12.6. The highest BCUT2D eigenvalue weighted by atomic mass is 32.1. The van der Waals surface area contributed by atoms with Crippen LogP contribution in [0, 0.1) is 0 Å². The van der Waals surface area contributed by atoms with Crippen LogP contribution in [0.15, 0.2) is 152 Å². The van der Waals surface area contributed by atoms with Gasteiger partial charge in [-0.15, -0.1) is 11.3 Å². The van der Waals surface area contributed by atoms with Crippen LogP contribution in [0.2, 0.25) is 0 Å². The topological polar surface area (TPSA) is 20.7 Å². The van der Waals surface area contributed by atoms with Gasteiger partial charge in [0.05, 0.1) is 16.6 Å². The van der Waals surface area contributed by atoms with E-state index in [-0.39, 0.29) is 0 Å². The molecule has 1 N–H and O–H groups in total. The molecule has 47 heavy (non-hydrogen) atoms. The summed E-state index contributed by atoms with van der Waals surface area (Å²) in [5.74, 6) is 0. The Bertz CT molecular complexity index is 3070. The van der Waals surface area contributed by atoms with Crippen LogP contribution in [0.4, 0.5) is 0 Å². The second-order valence-corrected chi connectivity index (χ2v) is 13.6. The maximum absolute atomic E-state index is 3.83. The molecule has 3 heterocycles. The number of rotatable bonds is 2. The third-order valence-electron chi connectivity index (χ3n) is 10.1. The average Bonchev–Trinajstić information content (AvgIpc) is 3.80. The van der Waals surface area contributed by atoms with Crippen LogP contribution in [-0.2, 0) is 0 Å². The number of fused-ring (bicyclic) bond motifs is 15. The van der Waals surface area contributed by atoms with Crippen molar-refractivity contribution < 1.29 is 0 Å². The predicted octanol–water partition coefficient (Wildman–Crippen LogP) is 12.8. The Morgan fingerprint density at radius 1 is 0.447 bits per heavy atom. The number of benzene rings is 8. The molecular formula is C44H26N2S. The summed E-state index contributed by atoms with van der Waals surface area (Å²) in [7, 11) is 0. The molecule has 0 saturated heterocycles. The first kappa shape index (κ1) is 25.3. The van der Waals surface area contributed by atoms with Crippen molar-refractivity contribution in [2.75, 3.05) is 0 Å². The lowest BCUT2D eigenvalue weighted by Crippen LogP contribution is -1.94. The van der Waals surface area contributed by atoms with Crippen molar-refractivity contribution in [2.24, 2.45) is 0 Å². The zero-order valence-electron chi connectivity index (χ0n) is 25.3. The Kier molecular flexibility index (Phi) is 5.02. The lowest BCUT2D eigenvalue weighted by atomic mass is 9.94. The highest BCUT2D eigenvalue weighted by Crippen LogP contribution is 2.49. The molecule has 11 rings (SSSR count). The largest absolute Gasteiger partial charge is 0.354 e. The Morgan fingerprint density at radius 2 is 1.21 bits per heavy atom. The van der Waals surface area contributed by atoms with Gasteiger partial charge in [0.1, 0.15) is 0 Å². The molecule has 8 aromatic carbocycles. The Morgan fingerprint density at radius 3 is 2.13 bits per heavy atom. The highest BCUT2D eigenvalue weighted by molar-refractivity contribution is 7.27. The molecular weight excluding hydrogens is 589 g/mol. The molecule has 0 radical (unpaired) electrons. The van der Waals surface area contributed by atoms with Crippen molar-refractivity contribution in [3.8, 4) is 16.8 Å². The number of nitrogens with zero attached hydrogens (tertiary/aromatic N) is 1. The lowest BCUT2D eigenvalue weighted by Gasteiger charge is -2.10. The minimum absolute atomic E-state index is 1.17. The normalized spacial score (nSPS) is 12.3. The van der Waals surface area contributed by atoms with Gasteiger partial charge in [0.2, 0.25) is 0 Å². The number of aromatic amines is 1. The highest BCUT2D eigenvalue weighted by Gasteiger charge is 2.21. The molecule has 3 aromatic heterocycles. The predicted molar refractivity (Wildman–Crippen MR) is 203 cm³/mol. The zero-order valence-corrected chi connectivity index (χ0v) is 26.1. The molecule has 2 nitrogen and oxygen atoms in total. The summed E-state index contributed by atoms with van der Waals surface area (Å²) in [6.45, 7) is 0. The maximum Gasteiger partial charge on any atom is 0.0559 e. The van der Waals surface area contributed by atoms with Gasteiger partial charge in [-0.05, 0) is 58.3 Å². The van der Waals surface area contributed by atoms with Crippen LogP contribution in [0.5, 0.6) is 0 Å². The first-order valence-corrected chi connectivity index (χ1v) is 16.9. The van der Waals surface area contributed by atoms with E-state index in [9.17, 15) is 0 Å². The maximum atomic E-state index is 3.83. The monoisotopic (exact) mass is 614 g/mol. The van der Waals surface area contributed by atoms with Crippen LogP contribution in [0.25, 0.3) is 102 Å². The average molecular weight is 615 g/mol. The van der Waals surface area contributed by atoms with Gasteiger partial charge in [0, 0.05) is 63.7 Å². The molecule has 3 heteroatoms. The van der Waals surface area contributed by atoms with E-state index in [4.69, 9.17) is 0 Å². The molecule has 0 aliphatic carbocycles. The van der Waals surface area contributed by atoms with Crippen molar-refractivity contribution in [1.29, 1.82) is 0 Å². The van der Waals surface area contributed by atoms with Gasteiger partial charge < -0.3 is 9.55 Å². The Labute approximate surface area is 273 Å². The summed E-state index contributed by atoms with van der Waals surface area (Å²) in [6.07, 6.45) is 0. The summed E-state index contributed by atoms with van der Waals surface area (Å²) < 4.78 is 5.11. The molecule has 0 unspecified atom stereocenters. The summed E-state index contributed by atoms with van der Waals surface area (Å²) in [5.41, 5.74) is 8.49. The van der Waals surface area contributed by atoms with E-state index < -0.39 is 0 Å². The SMILES string of the molecule is c1ccc(-c2cccc(-n3c4ccccc4c4cc5c(cc43)sc3c4c6ccccc6[nH]c4c4ccc6ccccc6c4c53)c2)cc1. The summed E-state index contributed by atoms with van der Waals surface area (Å²) >= 11 is 1.93. The summed E-state index contributed by atoms with van der Waals surface area (Å²) in [6, 6.07) is 55.6. The molecule has 11 aromatic rings. The number of aromatic nitrogens is 2. The summed E-state index contributed by atoms with van der Waals surface area (Å²) in [5, 5.41) is 13.0. The van der Waals surface area contributed by atoms with E-state index in [1.165, 1.54) is 102 Å². The van der Waals surface area contributed by atoms with E-state index in [1.807, 2.05) is 11.3 Å². The first-order valence-electron chi connectivity index (χ1n) is 16.1. The van der Waals surface area contributed by atoms with Gasteiger partial charge >= 0.3 is 0 Å². The molecule has 218 valence electrons. The van der Waals surface area contributed by atoms with E-state index in [0.29, 0.717) is 0 Å². The smallest absolute Gasteiger partial charge is 0.0559 e. The van der Waals surface area contributed by atoms with E-state index >= 15 is 0 Å².